The zero-order valence-corrected chi connectivity index (χ0v) is 14.5. The van der Waals surface area contributed by atoms with Gasteiger partial charge >= 0.3 is 0 Å². The third kappa shape index (κ3) is 6.51. The molecule has 1 heterocycles. The van der Waals surface area contributed by atoms with Gasteiger partial charge in [-0.15, -0.1) is 0 Å². The summed E-state index contributed by atoms with van der Waals surface area (Å²) in [4.78, 5) is 10.7. The fourth-order valence-corrected chi connectivity index (χ4v) is 2.33. The topological polar surface area (TPSA) is 44.0 Å². The first-order chi connectivity index (χ1) is 10.2. The number of aromatic nitrogens is 2. The van der Waals surface area contributed by atoms with E-state index in [-0.39, 0.29) is 0 Å². The number of hydrogen-bond acceptors (Lipinski definition) is 3. The molecule has 1 rings (SSSR count). The molecule has 0 fully saturated rings. The number of nitrogens with zero attached hydrogens (tertiary/aromatic N) is 2. The zero-order valence-electron chi connectivity index (χ0n) is 14.5. The second-order valence-electron chi connectivity index (χ2n) is 5.86. The first-order valence-electron chi connectivity index (χ1n) is 8.74. The monoisotopic (exact) mass is 294 g/mol. The fraction of sp³-hybridized carbons (Fsp3) is 0.824. The van der Waals surface area contributed by atoms with E-state index in [1.165, 1.54) is 49.9 Å². The third-order valence-corrected chi connectivity index (χ3v) is 3.84. The van der Waals surface area contributed by atoms with E-state index < -0.39 is 0 Å². The first kappa shape index (κ1) is 18.0. The SMILES string of the molecule is CCCCNCc1nc(N(CCCC)CCCC)[nH]c1C. The minimum Gasteiger partial charge on any atom is -0.342 e. The number of nitrogens with one attached hydrogen (secondary N) is 2. The van der Waals surface area contributed by atoms with Crippen LogP contribution in [0.5, 0.6) is 0 Å². The van der Waals surface area contributed by atoms with Crippen LogP contribution in [0.15, 0.2) is 0 Å². The van der Waals surface area contributed by atoms with Crippen LogP contribution in [0.2, 0.25) is 0 Å². The van der Waals surface area contributed by atoms with Crippen molar-refractivity contribution in [3.8, 4) is 0 Å². The Hall–Kier alpha value is -1.03. The molecule has 1 aromatic heterocycles. The van der Waals surface area contributed by atoms with Gasteiger partial charge in [-0.1, -0.05) is 40.0 Å². The number of aryl methyl sites for hydroxylation is 1. The summed E-state index contributed by atoms with van der Waals surface area (Å²) in [7, 11) is 0. The van der Waals surface area contributed by atoms with E-state index in [0.29, 0.717) is 0 Å². The fourth-order valence-electron chi connectivity index (χ4n) is 2.33. The summed E-state index contributed by atoms with van der Waals surface area (Å²) in [5.41, 5.74) is 2.37. The number of rotatable bonds is 12. The minimum atomic E-state index is 0.873. The average molecular weight is 294 g/mol. The molecule has 0 aliphatic carbocycles. The Balaban J connectivity index is 2.61. The molecule has 0 atom stereocenters. The lowest BCUT2D eigenvalue weighted by Gasteiger charge is -2.21. The van der Waals surface area contributed by atoms with Crippen molar-refractivity contribution in [3.63, 3.8) is 0 Å². The lowest BCUT2D eigenvalue weighted by atomic mass is 10.3. The highest BCUT2D eigenvalue weighted by Crippen LogP contribution is 2.15. The van der Waals surface area contributed by atoms with E-state index in [1.54, 1.807) is 0 Å². The summed E-state index contributed by atoms with van der Waals surface area (Å²) in [6, 6.07) is 0. The van der Waals surface area contributed by atoms with Gasteiger partial charge in [0.25, 0.3) is 0 Å². The van der Waals surface area contributed by atoms with Crippen molar-refractivity contribution in [3.05, 3.63) is 11.4 Å². The molecule has 21 heavy (non-hydrogen) atoms. The number of anilines is 1. The second-order valence-corrected chi connectivity index (χ2v) is 5.86. The molecule has 0 spiro atoms. The van der Waals surface area contributed by atoms with E-state index in [4.69, 9.17) is 4.98 Å². The summed E-state index contributed by atoms with van der Waals surface area (Å²) in [5, 5.41) is 3.48. The predicted molar refractivity (Wildman–Crippen MR) is 92.0 cm³/mol. The van der Waals surface area contributed by atoms with Crippen LogP contribution in [0.4, 0.5) is 5.95 Å². The van der Waals surface area contributed by atoms with Crippen LogP contribution in [0.3, 0.4) is 0 Å². The van der Waals surface area contributed by atoms with Crippen molar-refractivity contribution in [2.45, 2.75) is 72.8 Å². The third-order valence-electron chi connectivity index (χ3n) is 3.84. The van der Waals surface area contributed by atoms with Gasteiger partial charge in [-0.25, -0.2) is 4.98 Å². The molecule has 2 N–H and O–H groups in total. The van der Waals surface area contributed by atoms with Crippen molar-refractivity contribution in [1.82, 2.24) is 15.3 Å². The van der Waals surface area contributed by atoms with E-state index >= 15 is 0 Å². The number of H-pyrrole nitrogens is 1. The molecule has 0 unspecified atom stereocenters. The van der Waals surface area contributed by atoms with Gasteiger partial charge in [0.1, 0.15) is 0 Å². The standard InChI is InChI=1S/C17H34N4/c1-5-8-11-18-14-16-15(4)19-17(20-16)21(12-9-6-2)13-10-7-3/h18H,5-14H2,1-4H3,(H,19,20). The maximum Gasteiger partial charge on any atom is 0.203 e. The van der Waals surface area contributed by atoms with Crippen LogP contribution in [-0.4, -0.2) is 29.6 Å². The Morgan fingerprint density at radius 2 is 1.62 bits per heavy atom. The molecule has 122 valence electrons. The van der Waals surface area contributed by atoms with Crippen LogP contribution in [-0.2, 0) is 6.54 Å². The van der Waals surface area contributed by atoms with Crippen molar-refractivity contribution in [2.75, 3.05) is 24.5 Å². The Kier molecular flexibility index (Phi) is 9.15. The number of unbranched alkanes of at least 4 members (excludes halogenated alkanes) is 3. The molecule has 4 heteroatoms. The van der Waals surface area contributed by atoms with Gasteiger partial charge in [-0.2, -0.15) is 0 Å². The van der Waals surface area contributed by atoms with E-state index in [0.717, 1.165) is 32.1 Å². The molecule has 0 aliphatic heterocycles. The van der Waals surface area contributed by atoms with Crippen LogP contribution < -0.4 is 10.2 Å². The van der Waals surface area contributed by atoms with Crippen molar-refractivity contribution in [2.24, 2.45) is 0 Å². The van der Waals surface area contributed by atoms with Crippen molar-refractivity contribution in [1.29, 1.82) is 0 Å². The second kappa shape index (κ2) is 10.7. The van der Waals surface area contributed by atoms with Gasteiger partial charge in [0.15, 0.2) is 0 Å². The Morgan fingerprint density at radius 1 is 1.00 bits per heavy atom. The van der Waals surface area contributed by atoms with Gasteiger partial charge in [0, 0.05) is 25.3 Å². The highest BCUT2D eigenvalue weighted by Gasteiger charge is 2.12. The maximum atomic E-state index is 4.82. The highest BCUT2D eigenvalue weighted by molar-refractivity contribution is 5.34. The van der Waals surface area contributed by atoms with Gasteiger partial charge in [-0.3, -0.25) is 0 Å². The molecule has 0 aliphatic rings. The van der Waals surface area contributed by atoms with Crippen molar-refractivity contribution < 1.29 is 0 Å². The number of aromatic amines is 1. The van der Waals surface area contributed by atoms with Gasteiger partial charge in [0.05, 0.1) is 5.69 Å². The van der Waals surface area contributed by atoms with E-state index in [9.17, 15) is 0 Å². The van der Waals surface area contributed by atoms with Crippen LogP contribution >= 0.6 is 0 Å². The number of imidazole rings is 1. The normalized spacial score (nSPS) is 11.0. The first-order valence-corrected chi connectivity index (χ1v) is 8.74. The molecule has 1 aromatic rings. The van der Waals surface area contributed by atoms with E-state index in [1.807, 2.05) is 0 Å². The van der Waals surface area contributed by atoms with Gasteiger partial charge in [-0.05, 0) is 32.7 Å². The summed E-state index contributed by atoms with van der Waals surface area (Å²) >= 11 is 0. The molecule has 0 aromatic carbocycles. The van der Waals surface area contributed by atoms with Crippen LogP contribution in [0, 0.1) is 6.92 Å². The van der Waals surface area contributed by atoms with Crippen molar-refractivity contribution >= 4 is 5.95 Å². The summed E-state index contributed by atoms with van der Waals surface area (Å²) in [6.07, 6.45) is 7.39. The smallest absolute Gasteiger partial charge is 0.203 e. The quantitative estimate of drug-likeness (QED) is 0.572. The average Bonchev–Trinajstić information content (AvgIpc) is 2.85. The summed E-state index contributed by atoms with van der Waals surface area (Å²) < 4.78 is 0. The molecule has 0 amide bonds. The zero-order chi connectivity index (χ0) is 15.5. The van der Waals surface area contributed by atoms with Crippen LogP contribution in [0.25, 0.3) is 0 Å². The lowest BCUT2D eigenvalue weighted by Crippen LogP contribution is -2.26. The Bertz CT molecular complexity index is 365. The summed E-state index contributed by atoms with van der Waals surface area (Å²) in [6.45, 7) is 13.0. The molecular weight excluding hydrogens is 260 g/mol. The lowest BCUT2D eigenvalue weighted by molar-refractivity contribution is 0.631. The summed E-state index contributed by atoms with van der Waals surface area (Å²) in [5.74, 6) is 1.06. The largest absolute Gasteiger partial charge is 0.342 e. The molecule has 0 bridgehead atoms. The predicted octanol–water partition coefficient (Wildman–Crippen LogP) is 4.01. The highest BCUT2D eigenvalue weighted by atomic mass is 15.3. The molecule has 0 saturated carbocycles. The molecule has 4 nitrogen and oxygen atoms in total. The van der Waals surface area contributed by atoms with Crippen LogP contribution in [0.1, 0.15) is 70.7 Å². The Morgan fingerprint density at radius 3 is 2.19 bits per heavy atom. The van der Waals surface area contributed by atoms with Gasteiger partial charge in [0.2, 0.25) is 5.95 Å². The maximum absolute atomic E-state index is 4.82. The van der Waals surface area contributed by atoms with Gasteiger partial charge < -0.3 is 15.2 Å². The van der Waals surface area contributed by atoms with E-state index in [2.05, 4.69) is 42.9 Å². The molecular formula is C17H34N4. The Labute approximate surface area is 130 Å². The molecule has 0 radical (unpaired) electrons. The molecule has 0 saturated heterocycles. The minimum absolute atomic E-state index is 0.873. The number of hydrogen-bond donors (Lipinski definition) is 2.